The highest BCUT2D eigenvalue weighted by Gasteiger charge is 1.97. The second kappa shape index (κ2) is 5.69. The molecule has 0 aromatic heterocycles. The molecule has 0 N–H and O–H groups in total. The molecular weight excluding hydrogens is 108 g/mol. The molecule has 0 aliphatic carbocycles. The maximum atomic E-state index is 3.18. The minimum Gasteiger partial charge on any atom is -0.106 e. The predicted octanol–water partition coefficient (Wildman–Crippen LogP) is 2.84. The Morgan fingerprint density at radius 1 is 1.33 bits per heavy atom. The van der Waals surface area contributed by atoms with E-state index in [-0.39, 0.29) is 0 Å². The highest BCUT2D eigenvalue weighted by atomic mass is 14.0. The summed E-state index contributed by atoms with van der Waals surface area (Å²) in [5.74, 6) is 6.79. The summed E-state index contributed by atoms with van der Waals surface area (Å²) in [6.07, 6.45) is 3.72. The molecular formula is C9H16. The van der Waals surface area contributed by atoms with E-state index < -0.39 is 0 Å². The molecule has 0 nitrogen and oxygen atoms in total. The Hall–Kier alpha value is -0.440. The van der Waals surface area contributed by atoms with E-state index in [1.54, 1.807) is 0 Å². The van der Waals surface area contributed by atoms with Gasteiger partial charge in [0.15, 0.2) is 0 Å². The van der Waals surface area contributed by atoms with Crippen LogP contribution in [0.4, 0.5) is 0 Å². The quantitative estimate of drug-likeness (QED) is 0.507. The predicted molar refractivity (Wildman–Crippen MR) is 42.1 cm³/mol. The SMILES string of the molecule is CC#CC(CC)CCC. The first-order chi connectivity index (χ1) is 4.35. The van der Waals surface area contributed by atoms with Crippen molar-refractivity contribution in [3.05, 3.63) is 0 Å². The molecule has 0 bridgehead atoms. The highest BCUT2D eigenvalue weighted by molar-refractivity contribution is 5.00. The Morgan fingerprint density at radius 2 is 2.00 bits per heavy atom. The van der Waals surface area contributed by atoms with Crippen LogP contribution in [0.5, 0.6) is 0 Å². The fourth-order valence-corrected chi connectivity index (χ4v) is 0.931. The summed E-state index contributed by atoms with van der Waals surface area (Å²) in [6.45, 7) is 6.32. The number of hydrogen-bond donors (Lipinski definition) is 0. The summed E-state index contributed by atoms with van der Waals surface area (Å²) in [5.41, 5.74) is 0. The van der Waals surface area contributed by atoms with Crippen molar-refractivity contribution >= 4 is 0 Å². The van der Waals surface area contributed by atoms with Gasteiger partial charge in [0.05, 0.1) is 0 Å². The van der Waals surface area contributed by atoms with E-state index in [4.69, 9.17) is 0 Å². The second-order valence-electron chi connectivity index (χ2n) is 2.29. The molecule has 0 amide bonds. The summed E-state index contributed by atoms with van der Waals surface area (Å²) in [5, 5.41) is 0. The zero-order chi connectivity index (χ0) is 7.11. The van der Waals surface area contributed by atoms with E-state index in [0.29, 0.717) is 5.92 Å². The van der Waals surface area contributed by atoms with Crippen LogP contribution in [0.3, 0.4) is 0 Å². The molecule has 0 heterocycles. The Kier molecular flexibility index (Phi) is 5.41. The molecule has 0 heteroatoms. The van der Waals surface area contributed by atoms with Gasteiger partial charge in [-0.1, -0.05) is 20.3 Å². The maximum absolute atomic E-state index is 3.18. The van der Waals surface area contributed by atoms with Crippen LogP contribution in [0.1, 0.15) is 40.0 Å². The Bertz CT molecular complexity index is 103. The van der Waals surface area contributed by atoms with Gasteiger partial charge in [-0.05, 0) is 19.8 Å². The summed E-state index contributed by atoms with van der Waals surface area (Å²) >= 11 is 0. The van der Waals surface area contributed by atoms with Crippen molar-refractivity contribution in [2.24, 2.45) is 5.92 Å². The van der Waals surface area contributed by atoms with Crippen molar-refractivity contribution in [2.75, 3.05) is 0 Å². The normalized spacial score (nSPS) is 11.9. The van der Waals surface area contributed by atoms with Crippen LogP contribution in [0.25, 0.3) is 0 Å². The average Bonchev–Trinajstić information content (AvgIpc) is 1.88. The third-order valence-corrected chi connectivity index (χ3v) is 1.48. The molecule has 0 spiro atoms. The Balaban J connectivity index is 3.50. The van der Waals surface area contributed by atoms with Crippen molar-refractivity contribution in [3.8, 4) is 11.8 Å². The van der Waals surface area contributed by atoms with Crippen LogP contribution >= 0.6 is 0 Å². The first-order valence-electron chi connectivity index (χ1n) is 3.77. The van der Waals surface area contributed by atoms with E-state index in [1.165, 1.54) is 19.3 Å². The molecule has 52 valence electrons. The summed E-state index contributed by atoms with van der Waals surface area (Å²) in [4.78, 5) is 0. The van der Waals surface area contributed by atoms with E-state index in [0.717, 1.165) is 0 Å². The van der Waals surface area contributed by atoms with Gasteiger partial charge in [-0.2, -0.15) is 0 Å². The van der Waals surface area contributed by atoms with Crippen LogP contribution in [0.2, 0.25) is 0 Å². The van der Waals surface area contributed by atoms with Crippen LogP contribution in [0, 0.1) is 17.8 Å². The molecule has 0 saturated heterocycles. The fraction of sp³-hybridized carbons (Fsp3) is 0.778. The lowest BCUT2D eigenvalue weighted by molar-refractivity contribution is 0.581. The molecule has 0 radical (unpaired) electrons. The molecule has 0 aromatic carbocycles. The molecule has 0 saturated carbocycles. The van der Waals surface area contributed by atoms with Crippen LogP contribution in [-0.2, 0) is 0 Å². The molecule has 0 aromatic rings. The summed E-state index contributed by atoms with van der Waals surface area (Å²) in [6, 6.07) is 0. The Morgan fingerprint density at radius 3 is 2.33 bits per heavy atom. The van der Waals surface area contributed by atoms with Crippen LogP contribution in [-0.4, -0.2) is 0 Å². The largest absolute Gasteiger partial charge is 0.106 e. The van der Waals surface area contributed by atoms with Gasteiger partial charge in [-0.25, -0.2) is 0 Å². The fourth-order valence-electron chi connectivity index (χ4n) is 0.931. The van der Waals surface area contributed by atoms with Crippen molar-refractivity contribution in [1.29, 1.82) is 0 Å². The Labute approximate surface area is 58.7 Å². The van der Waals surface area contributed by atoms with E-state index in [1.807, 2.05) is 6.92 Å². The molecule has 1 atom stereocenters. The lowest BCUT2D eigenvalue weighted by atomic mass is 10.0. The van der Waals surface area contributed by atoms with Crippen molar-refractivity contribution < 1.29 is 0 Å². The smallest absolute Gasteiger partial charge is 0.0200 e. The standard InChI is InChI=1S/C9H16/c1-4-7-9(6-3)8-5-2/h9H,4,6-7H2,1-3H3. The number of hydrogen-bond acceptors (Lipinski definition) is 0. The van der Waals surface area contributed by atoms with Crippen LogP contribution in [0.15, 0.2) is 0 Å². The van der Waals surface area contributed by atoms with Gasteiger partial charge in [-0.15, -0.1) is 11.8 Å². The van der Waals surface area contributed by atoms with Gasteiger partial charge in [0.1, 0.15) is 0 Å². The molecule has 0 aliphatic rings. The van der Waals surface area contributed by atoms with Gasteiger partial charge in [0, 0.05) is 5.92 Å². The van der Waals surface area contributed by atoms with Gasteiger partial charge in [0.2, 0.25) is 0 Å². The zero-order valence-corrected chi connectivity index (χ0v) is 6.70. The monoisotopic (exact) mass is 124 g/mol. The third kappa shape index (κ3) is 4.09. The molecule has 0 rings (SSSR count). The molecule has 1 unspecified atom stereocenters. The second-order valence-corrected chi connectivity index (χ2v) is 2.29. The third-order valence-electron chi connectivity index (χ3n) is 1.48. The lowest BCUT2D eigenvalue weighted by Crippen LogP contribution is -1.92. The zero-order valence-electron chi connectivity index (χ0n) is 6.70. The van der Waals surface area contributed by atoms with E-state index in [9.17, 15) is 0 Å². The summed E-state index contributed by atoms with van der Waals surface area (Å²) < 4.78 is 0. The van der Waals surface area contributed by atoms with Gasteiger partial charge >= 0.3 is 0 Å². The molecule has 9 heavy (non-hydrogen) atoms. The highest BCUT2D eigenvalue weighted by Crippen LogP contribution is 2.08. The average molecular weight is 124 g/mol. The minimum absolute atomic E-state index is 0.653. The van der Waals surface area contributed by atoms with Crippen LogP contribution < -0.4 is 0 Å². The number of rotatable bonds is 3. The van der Waals surface area contributed by atoms with E-state index >= 15 is 0 Å². The van der Waals surface area contributed by atoms with Crippen molar-refractivity contribution in [3.63, 3.8) is 0 Å². The van der Waals surface area contributed by atoms with Crippen molar-refractivity contribution in [1.82, 2.24) is 0 Å². The van der Waals surface area contributed by atoms with Gasteiger partial charge in [-0.3, -0.25) is 0 Å². The minimum atomic E-state index is 0.653. The topological polar surface area (TPSA) is 0 Å². The van der Waals surface area contributed by atoms with Crippen molar-refractivity contribution in [2.45, 2.75) is 40.0 Å². The first-order valence-corrected chi connectivity index (χ1v) is 3.77. The van der Waals surface area contributed by atoms with Gasteiger partial charge < -0.3 is 0 Å². The molecule has 0 aliphatic heterocycles. The van der Waals surface area contributed by atoms with Gasteiger partial charge in [0.25, 0.3) is 0 Å². The molecule has 0 fully saturated rings. The lowest BCUT2D eigenvalue weighted by Gasteiger charge is -2.02. The summed E-state index contributed by atoms with van der Waals surface area (Å²) in [7, 11) is 0. The maximum Gasteiger partial charge on any atom is 0.0200 e. The first kappa shape index (κ1) is 8.56. The van der Waals surface area contributed by atoms with E-state index in [2.05, 4.69) is 25.7 Å².